The Balaban J connectivity index is 1.72. The highest BCUT2D eigenvalue weighted by Gasteiger charge is 2.16. The van der Waals surface area contributed by atoms with E-state index in [0.717, 1.165) is 29.7 Å². The summed E-state index contributed by atoms with van der Waals surface area (Å²) in [5.41, 5.74) is 1.17. The Morgan fingerprint density at radius 3 is 3.11 bits per heavy atom. The zero-order valence-corrected chi connectivity index (χ0v) is 12.6. The van der Waals surface area contributed by atoms with E-state index in [0.29, 0.717) is 13.0 Å². The van der Waals surface area contributed by atoms with Crippen molar-refractivity contribution >= 4 is 21.8 Å². The summed E-state index contributed by atoms with van der Waals surface area (Å²) in [6.07, 6.45) is 1.40. The second kappa shape index (κ2) is 6.91. The topological polar surface area (TPSA) is 50.4 Å². The average Bonchev–Trinajstić information content (AvgIpc) is 2.84. The molecule has 0 aromatic heterocycles. The molecule has 1 aromatic carbocycles. The molecule has 0 saturated carbocycles. The van der Waals surface area contributed by atoms with Crippen molar-refractivity contribution < 1.29 is 9.53 Å². The summed E-state index contributed by atoms with van der Waals surface area (Å²) >= 11 is 3.45. The van der Waals surface area contributed by atoms with Crippen LogP contribution in [0.3, 0.4) is 0 Å². The number of carbonyl (C=O) groups excluding carboxylic acids is 1. The van der Waals surface area contributed by atoms with E-state index < -0.39 is 0 Å². The second-order valence-electron chi connectivity index (χ2n) is 4.79. The van der Waals surface area contributed by atoms with Gasteiger partial charge in [-0.2, -0.15) is 0 Å². The SMILES string of the molecule is Cc1ccc(OCCC(=O)NC2CCNC2)c(Br)c1. The van der Waals surface area contributed by atoms with Gasteiger partial charge in [-0.3, -0.25) is 4.79 Å². The molecule has 1 amide bonds. The molecular formula is C14H19BrN2O2. The van der Waals surface area contributed by atoms with Gasteiger partial charge in [0.25, 0.3) is 0 Å². The van der Waals surface area contributed by atoms with E-state index in [1.165, 1.54) is 5.56 Å². The van der Waals surface area contributed by atoms with Gasteiger partial charge < -0.3 is 15.4 Å². The molecule has 4 nitrogen and oxygen atoms in total. The molecule has 1 heterocycles. The minimum Gasteiger partial charge on any atom is -0.492 e. The first kappa shape index (κ1) is 14.3. The number of aryl methyl sites for hydroxylation is 1. The fraction of sp³-hybridized carbons (Fsp3) is 0.500. The Morgan fingerprint density at radius 2 is 2.42 bits per heavy atom. The van der Waals surface area contributed by atoms with E-state index in [2.05, 4.69) is 26.6 Å². The monoisotopic (exact) mass is 326 g/mol. The van der Waals surface area contributed by atoms with Gasteiger partial charge in [-0.05, 0) is 53.5 Å². The van der Waals surface area contributed by atoms with Crippen LogP contribution < -0.4 is 15.4 Å². The lowest BCUT2D eigenvalue weighted by molar-refractivity contribution is -0.122. The molecule has 1 aliphatic rings. The van der Waals surface area contributed by atoms with E-state index in [9.17, 15) is 4.79 Å². The summed E-state index contributed by atoms with van der Waals surface area (Å²) in [6, 6.07) is 6.18. The van der Waals surface area contributed by atoms with Gasteiger partial charge in [0.1, 0.15) is 5.75 Å². The maximum atomic E-state index is 11.7. The third-order valence-electron chi connectivity index (χ3n) is 3.10. The number of benzene rings is 1. The molecule has 1 aliphatic heterocycles. The van der Waals surface area contributed by atoms with Crippen LogP contribution in [0.2, 0.25) is 0 Å². The molecule has 0 spiro atoms. The van der Waals surface area contributed by atoms with Gasteiger partial charge in [-0.25, -0.2) is 0 Å². The van der Waals surface area contributed by atoms with Crippen molar-refractivity contribution in [2.75, 3.05) is 19.7 Å². The van der Waals surface area contributed by atoms with Crippen molar-refractivity contribution in [3.63, 3.8) is 0 Å². The largest absolute Gasteiger partial charge is 0.492 e. The smallest absolute Gasteiger partial charge is 0.223 e. The van der Waals surface area contributed by atoms with E-state index in [4.69, 9.17) is 4.74 Å². The second-order valence-corrected chi connectivity index (χ2v) is 5.64. The van der Waals surface area contributed by atoms with Gasteiger partial charge in [0, 0.05) is 12.6 Å². The standard InChI is InChI=1S/C14H19BrN2O2/c1-10-2-3-13(12(15)8-10)19-7-5-14(18)17-11-4-6-16-9-11/h2-3,8,11,16H,4-7,9H2,1H3,(H,17,18). The van der Waals surface area contributed by atoms with Crippen LogP contribution in [0.4, 0.5) is 0 Å². The third-order valence-corrected chi connectivity index (χ3v) is 3.72. The van der Waals surface area contributed by atoms with Crippen LogP contribution in [-0.4, -0.2) is 31.6 Å². The Bertz CT molecular complexity index is 445. The van der Waals surface area contributed by atoms with Crippen LogP contribution in [-0.2, 0) is 4.79 Å². The molecule has 1 atom stereocenters. The molecule has 5 heteroatoms. The lowest BCUT2D eigenvalue weighted by atomic mass is 10.2. The summed E-state index contributed by atoms with van der Waals surface area (Å²) in [7, 11) is 0. The first-order valence-electron chi connectivity index (χ1n) is 6.54. The fourth-order valence-corrected chi connectivity index (χ4v) is 2.66. The predicted octanol–water partition coefficient (Wildman–Crippen LogP) is 2.00. The van der Waals surface area contributed by atoms with E-state index >= 15 is 0 Å². The minimum atomic E-state index is 0.0527. The van der Waals surface area contributed by atoms with Crippen LogP contribution in [0.25, 0.3) is 0 Å². The molecule has 0 aliphatic carbocycles. The normalized spacial score (nSPS) is 18.3. The third kappa shape index (κ3) is 4.51. The van der Waals surface area contributed by atoms with E-state index in [1.807, 2.05) is 25.1 Å². The van der Waals surface area contributed by atoms with Crippen LogP contribution in [0, 0.1) is 6.92 Å². The number of carbonyl (C=O) groups is 1. The van der Waals surface area contributed by atoms with Crippen molar-refractivity contribution in [1.82, 2.24) is 10.6 Å². The van der Waals surface area contributed by atoms with Gasteiger partial charge in [-0.1, -0.05) is 6.07 Å². The maximum Gasteiger partial charge on any atom is 0.223 e. The molecule has 104 valence electrons. The summed E-state index contributed by atoms with van der Waals surface area (Å²) < 4.78 is 6.53. The highest BCUT2D eigenvalue weighted by atomic mass is 79.9. The molecule has 1 aromatic rings. The molecule has 1 unspecified atom stereocenters. The van der Waals surface area contributed by atoms with E-state index in [-0.39, 0.29) is 11.9 Å². The number of ether oxygens (including phenoxy) is 1. The Kier molecular flexibility index (Phi) is 5.22. The van der Waals surface area contributed by atoms with Gasteiger partial charge in [0.2, 0.25) is 5.91 Å². The van der Waals surface area contributed by atoms with Crippen LogP contribution in [0.1, 0.15) is 18.4 Å². The van der Waals surface area contributed by atoms with Crippen LogP contribution in [0.15, 0.2) is 22.7 Å². The molecule has 1 fully saturated rings. The summed E-state index contributed by atoms with van der Waals surface area (Å²) in [5.74, 6) is 0.831. The van der Waals surface area contributed by atoms with Crippen molar-refractivity contribution in [2.24, 2.45) is 0 Å². The van der Waals surface area contributed by atoms with Gasteiger partial charge in [0.15, 0.2) is 0 Å². The maximum absolute atomic E-state index is 11.7. The van der Waals surface area contributed by atoms with Crippen LogP contribution >= 0.6 is 15.9 Å². The minimum absolute atomic E-state index is 0.0527. The Hall–Kier alpha value is -1.07. The van der Waals surface area contributed by atoms with Crippen molar-refractivity contribution in [3.05, 3.63) is 28.2 Å². The van der Waals surface area contributed by atoms with Crippen molar-refractivity contribution in [3.8, 4) is 5.75 Å². The molecular weight excluding hydrogens is 308 g/mol. The number of hydrogen-bond donors (Lipinski definition) is 2. The van der Waals surface area contributed by atoms with Gasteiger partial charge in [-0.15, -0.1) is 0 Å². The number of amides is 1. The first-order valence-corrected chi connectivity index (χ1v) is 7.33. The number of nitrogens with one attached hydrogen (secondary N) is 2. The summed E-state index contributed by atoms with van der Waals surface area (Å²) in [6.45, 7) is 4.28. The Morgan fingerprint density at radius 1 is 1.58 bits per heavy atom. The zero-order chi connectivity index (χ0) is 13.7. The number of rotatable bonds is 5. The highest BCUT2D eigenvalue weighted by Crippen LogP contribution is 2.25. The zero-order valence-electron chi connectivity index (χ0n) is 11.0. The Labute approximate surface area is 122 Å². The highest BCUT2D eigenvalue weighted by molar-refractivity contribution is 9.10. The lowest BCUT2D eigenvalue weighted by Gasteiger charge is -2.12. The fourth-order valence-electron chi connectivity index (χ4n) is 2.05. The van der Waals surface area contributed by atoms with Crippen molar-refractivity contribution in [1.29, 1.82) is 0 Å². The van der Waals surface area contributed by atoms with Crippen molar-refractivity contribution in [2.45, 2.75) is 25.8 Å². The lowest BCUT2D eigenvalue weighted by Crippen LogP contribution is -2.36. The van der Waals surface area contributed by atoms with E-state index in [1.54, 1.807) is 0 Å². The summed E-state index contributed by atoms with van der Waals surface area (Å²) in [5, 5.41) is 6.22. The van der Waals surface area contributed by atoms with Gasteiger partial charge in [0.05, 0.1) is 17.5 Å². The molecule has 0 bridgehead atoms. The molecule has 19 heavy (non-hydrogen) atoms. The quantitative estimate of drug-likeness (QED) is 0.870. The predicted molar refractivity (Wildman–Crippen MR) is 78.4 cm³/mol. The number of halogens is 1. The molecule has 1 saturated heterocycles. The first-order chi connectivity index (χ1) is 9.15. The molecule has 0 radical (unpaired) electrons. The molecule has 2 rings (SSSR count). The van der Waals surface area contributed by atoms with Gasteiger partial charge >= 0.3 is 0 Å². The number of hydrogen-bond acceptors (Lipinski definition) is 3. The molecule has 2 N–H and O–H groups in total. The average molecular weight is 327 g/mol. The van der Waals surface area contributed by atoms with Crippen LogP contribution in [0.5, 0.6) is 5.75 Å². The summed E-state index contributed by atoms with van der Waals surface area (Å²) in [4.78, 5) is 11.7.